The molecule has 1 aromatic heterocycles. The van der Waals surface area contributed by atoms with Gasteiger partial charge in [-0.05, 0) is 67.8 Å². The van der Waals surface area contributed by atoms with E-state index in [2.05, 4.69) is 26.7 Å². The summed E-state index contributed by atoms with van der Waals surface area (Å²) in [7, 11) is 0. The fourth-order valence-corrected chi connectivity index (χ4v) is 2.81. The van der Waals surface area contributed by atoms with E-state index in [9.17, 15) is 4.79 Å². The molecule has 2 aromatic carbocycles. The molecule has 0 saturated carbocycles. The summed E-state index contributed by atoms with van der Waals surface area (Å²) in [4.78, 5) is 21.0. The molecule has 1 heterocycles. The predicted molar refractivity (Wildman–Crippen MR) is 105 cm³/mol. The molecule has 0 bridgehead atoms. The van der Waals surface area contributed by atoms with Crippen LogP contribution in [-0.4, -0.2) is 15.9 Å². The Morgan fingerprint density at radius 1 is 1.00 bits per heavy atom. The second-order valence-corrected chi connectivity index (χ2v) is 6.62. The number of carbonyl (C=O) groups excluding carboxylic acids is 1. The number of carbonyl (C=O) groups is 1. The van der Waals surface area contributed by atoms with Crippen LogP contribution in [0.25, 0.3) is 0 Å². The van der Waals surface area contributed by atoms with E-state index < -0.39 is 0 Å². The van der Waals surface area contributed by atoms with Crippen molar-refractivity contribution >= 4 is 34.8 Å². The summed E-state index contributed by atoms with van der Waals surface area (Å²) in [5.41, 5.74) is 4.99. The molecular weight excluding hydrogens is 348 g/mol. The Morgan fingerprint density at radius 2 is 1.73 bits per heavy atom. The molecule has 5 nitrogen and oxygen atoms in total. The lowest BCUT2D eigenvalue weighted by atomic mass is 10.1. The van der Waals surface area contributed by atoms with Gasteiger partial charge < -0.3 is 10.6 Å². The minimum Gasteiger partial charge on any atom is -0.324 e. The number of nitrogens with one attached hydrogen (secondary N) is 2. The molecule has 0 aliphatic carbocycles. The zero-order valence-electron chi connectivity index (χ0n) is 14.8. The lowest BCUT2D eigenvalue weighted by Crippen LogP contribution is -2.15. The van der Waals surface area contributed by atoms with Crippen LogP contribution in [0.15, 0.2) is 48.7 Å². The van der Waals surface area contributed by atoms with E-state index in [4.69, 9.17) is 11.6 Å². The van der Waals surface area contributed by atoms with Gasteiger partial charge in [-0.2, -0.15) is 0 Å². The molecule has 1 amide bonds. The van der Waals surface area contributed by atoms with Crippen molar-refractivity contribution in [1.29, 1.82) is 0 Å². The van der Waals surface area contributed by atoms with Gasteiger partial charge in [-0.1, -0.05) is 23.7 Å². The van der Waals surface area contributed by atoms with E-state index in [1.54, 1.807) is 18.3 Å². The zero-order valence-corrected chi connectivity index (χ0v) is 15.6. The third-order valence-corrected chi connectivity index (χ3v) is 4.05. The topological polar surface area (TPSA) is 66.9 Å². The number of hydrogen-bond donors (Lipinski definition) is 2. The average Bonchev–Trinajstić information content (AvgIpc) is 2.57. The molecule has 0 spiro atoms. The highest BCUT2D eigenvalue weighted by Gasteiger charge is 2.11. The smallest absolute Gasteiger partial charge is 0.274 e. The maximum absolute atomic E-state index is 12.5. The molecule has 26 heavy (non-hydrogen) atoms. The first-order valence-corrected chi connectivity index (χ1v) is 8.54. The first-order valence-electron chi connectivity index (χ1n) is 8.16. The Labute approximate surface area is 157 Å². The van der Waals surface area contributed by atoms with Gasteiger partial charge >= 0.3 is 0 Å². The monoisotopic (exact) mass is 366 g/mol. The molecule has 3 aromatic rings. The van der Waals surface area contributed by atoms with Gasteiger partial charge in [-0.15, -0.1) is 0 Å². The minimum absolute atomic E-state index is 0.279. The normalized spacial score (nSPS) is 10.5. The highest BCUT2D eigenvalue weighted by atomic mass is 35.5. The summed E-state index contributed by atoms with van der Waals surface area (Å²) in [6.45, 7) is 5.93. The second kappa shape index (κ2) is 7.54. The minimum atomic E-state index is -0.289. The van der Waals surface area contributed by atoms with Crippen molar-refractivity contribution in [1.82, 2.24) is 9.97 Å². The average molecular weight is 367 g/mol. The van der Waals surface area contributed by atoms with E-state index in [0.717, 1.165) is 28.1 Å². The standard InChI is InChI=1S/C20H19ClN4O/c1-12-8-13(2)10-16(9-12)23-19(26)17-6-7-22-20(24-17)25-18-11-15(21)5-4-14(18)3/h4-11H,1-3H3,(H,23,26)(H,22,24,25). The second-order valence-electron chi connectivity index (χ2n) is 6.18. The van der Waals surface area contributed by atoms with Crippen molar-refractivity contribution in [3.8, 4) is 0 Å². The van der Waals surface area contributed by atoms with Gasteiger partial charge in [0.25, 0.3) is 5.91 Å². The number of benzene rings is 2. The molecule has 3 rings (SSSR count). The summed E-state index contributed by atoms with van der Waals surface area (Å²) in [5.74, 6) is 0.0479. The van der Waals surface area contributed by atoms with E-state index in [1.807, 2.05) is 45.0 Å². The summed E-state index contributed by atoms with van der Waals surface area (Å²) >= 11 is 6.04. The summed E-state index contributed by atoms with van der Waals surface area (Å²) in [6, 6.07) is 13.0. The van der Waals surface area contributed by atoms with Gasteiger partial charge in [-0.3, -0.25) is 4.79 Å². The molecule has 132 valence electrons. The molecule has 2 N–H and O–H groups in total. The van der Waals surface area contributed by atoms with Gasteiger partial charge in [0.15, 0.2) is 0 Å². The van der Waals surface area contributed by atoms with Crippen LogP contribution in [0.4, 0.5) is 17.3 Å². The fraction of sp³-hybridized carbons (Fsp3) is 0.150. The number of rotatable bonds is 4. The number of hydrogen-bond acceptors (Lipinski definition) is 4. The van der Waals surface area contributed by atoms with Crippen LogP contribution in [0.1, 0.15) is 27.2 Å². The van der Waals surface area contributed by atoms with E-state index >= 15 is 0 Å². The van der Waals surface area contributed by atoms with Crippen molar-refractivity contribution in [2.24, 2.45) is 0 Å². The van der Waals surface area contributed by atoms with E-state index in [1.165, 1.54) is 0 Å². The third-order valence-electron chi connectivity index (χ3n) is 3.81. The van der Waals surface area contributed by atoms with Crippen LogP contribution in [-0.2, 0) is 0 Å². The number of halogens is 1. The van der Waals surface area contributed by atoms with Crippen molar-refractivity contribution in [2.45, 2.75) is 20.8 Å². The quantitative estimate of drug-likeness (QED) is 0.678. The molecule has 6 heteroatoms. The van der Waals surface area contributed by atoms with Crippen LogP contribution >= 0.6 is 11.6 Å². The Balaban J connectivity index is 1.80. The van der Waals surface area contributed by atoms with Crippen LogP contribution in [0.2, 0.25) is 5.02 Å². The van der Waals surface area contributed by atoms with Gasteiger partial charge in [0.1, 0.15) is 5.69 Å². The number of aryl methyl sites for hydroxylation is 3. The zero-order chi connectivity index (χ0) is 18.7. The van der Waals surface area contributed by atoms with Gasteiger partial charge in [0.2, 0.25) is 5.95 Å². The first kappa shape index (κ1) is 17.9. The number of aromatic nitrogens is 2. The Hall–Kier alpha value is -2.92. The molecule has 0 saturated heterocycles. The summed E-state index contributed by atoms with van der Waals surface area (Å²) in [6.07, 6.45) is 1.55. The maximum Gasteiger partial charge on any atom is 0.274 e. The van der Waals surface area contributed by atoms with Gasteiger partial charge in [0, 0.05) is 22.6 Å². The Bertz CT molecular complexity index is 952. The molecule has 0 atom stereocenters. The fourth-order valence-electron chi connectivity index (χ4n) is 2.64. The molecule has 0 fully saturated rings. The first-order chi connectivity index (χ1) is 12.4. The SMILES string of the molecule is Cc1cc(C)cc(NC(=O)c2ccnc(Nc3cc(Cl)ccc3C)n2)c1. The maximum atomic E-state index is 12.5. The van der Waals surface area contributed by atoms with Crippen molar-refractivity contribution in [3.63, 3.8) is 0 Å². The highest BCUT2D eigenvalue weighted by Crippen LogP contribution is 2.22. The summed E-state index contributed by atoms with van der Waals surface area (Å²) < 4.78 is 0. The van der Waals surface area contributed by atoms with Crippen LogP contribution in [0.5, 0.6) is 0 Å². The van der Waals surface area contributed by atoms with Crippen molar-refractivity contribution in [3.05, 3.63) is 76.1 Å². The number of nitrogens with zero attached hydrogens (tertiary/aromatic N) is 2. The summed E-state index contributed by atoms with van der Waals surface area (Å²) in [5, 5.41) is 6.59. The Kier molecular flexibility index (Phi) is 5.19. The van der Waals surface area contributed by atoms with E-state index in [0.29, 0.717) is 11.0 Å². The third kappa shape index (κ3) is 4.37. The molecule has 0 radical (unpaired) electrons. The molecule has 0 aliphatic heterocycles. The molecule has 0 unspecified atom stereocenters. The lowest BCUT2D eigenvalue weighted by molar-refractivity contribution is 0.102. The van der Waals surface area contributed by atoms with Crippen molar-refractivity contribution < 1.29 is 4.79 Å². The van der Waals surface area contributed by atoms with Gasteiger partial charge in [-0.25, -0.2) is 9.97 Å². The largest absolute Gasteiger partial charge is 0.324 e. The van der Waals surface area contributed by atoms with Crippen LogP contribution in [0.3, 0.4) is 0 Å². The number of amides is 1. The van der Waals surface area contributed by atoms with E-state index in [-0.39, 0.29) is 11.6 Å². The number of anilines is 3. The van der Waals surface area contributed by atoms with Crippen LogP contribution in [0, 0.1) is 20.8 Å². The van der Waals surface area contributed by atoms with Crippen molar-refractivity contribution in [2.75, 3.05) is 10.6 Å². The molecule has 0 aliphatic rings. The van der Waals surface area contributed by atoms with Gasteiger partial charge in [0.05, 0.1) is 0 Å². The highest BCUT2D eigenvalue weighted by molar-refractivity contribution is 6.30. The lowest BCUT2D eigenvalue weighted by Gasteiger charge is -2.10. The van der Waals surface area contributed by atoms with Crippen LogP contribution < -0.4 is 10.6 Å². The Morgan fingerprint density at radius 3 is 2.46 bits per heavy atom. The predicted octanol–water partition coefficient (Wildman–Crippen LogP) is 5.05. The molecular formula is C20H19ClN4O.